The van der Waals surface area contributed by atoms with Crippen molar-refractivity contribution in [1.82, 2.24) is 0 Å². The number of nitrogens with zero attached hydrogens (tertiary/aromatic N) is 2. The van der Waals surface area contributed by atoms with Gasteiger partial charge in [0.25, 0.3) is 11.8 Å². The van der Waals surface area contributed by atoms with Crippen molar-refractivity contribution in [2.45, 2.75) is 0 Å². The van der Waals surface area contributed by atoms with Gasteiger partial charge in [0.05, 0.1) is 21.2 Å². The normalized spacial score (nSPS) is 18.6. The molecule has 2 amide bonds. The van der Waals surface area contributed by atoms with Crippen LogP contribution in [0.4, 0.5) is 11.4 Å². The lowest BCUT2D eigenvalue weighted by Crippen LogP contribution is -2.27. The molecule has 0 unspecified atom stereocenters. The van der Waals surface area contributed by atoms with Crippen LogP contribution < -0.4 is 9.80 Å². The first-order valence-electron chi connectivity index (χ1n) is 10.3. The van der Waals surface area contributed by atoms with Crippen molar-refractivity contribution in [1.29, 1.82) is 0 Å². The minimum Gasteiger partial charge on any atom is -0.268 e. The van der Waals surface area contributed by atoms with Crippen molar-refractivity contribution >= 4 is 91.9 Å². The number of carbonyl (C=O) groups is 2. The summed E-state index contributed by atoms with van der Waals surface area (Å²) in [5.41, 5.74) is 3.28. The number of carbonyl (C=O) groups excluding carboxylic acids is 2. The van der Waals surface area contributed by atoms with Gasteiger partial charge in [0.2, 0.25) is 0 Å². The van der Waals surface area contributed by atoms with Crippen LogP contribution in [-0.4, -0.2) is 20.5 Å². The van der Waals surface area contributed by atoms with E-state index in [4.69, 9.17) is 24.4 Å². The van der Waals surface area contributed by atoms with Gasteiger partial charge in [-0.05, 0) is 47.5 Å². The minimum absolute atomic E-state index is 0.130. The molecule has 2 aliphatic heterocycles. The van der Waals surface area contributed by atoms with Crippen molar-refractivity contribution in [3.63, 3.8) is 0 Å². The van der Waals surface area contributed by atoms with Crippen LogP contribution in [0.15, 0.2) is 94.7 Å². The van der Waals surface area contributed by atoms with E-state index in [2.05, 4.69) is 0 Å². The maximum Gasteiger partial charge on any atom is 0.270 e. The summed E-state index contributed by atoms with van der Waals surface area (Å²) in [6.45, 7) is 0. The largest absolute Gasteiger partial charge is 0.270 e. The Bertz CT molecular complexity index is 1260. The van der Waals surface area contributed by atoms with Crippen LogP contribution in [0, 0.1) is 0 Å². The SMILES string of the molecule is O=C1C(=Cc2ccc(C=C3SC(=S)N(c4ccccc4)C3=O)cc2)SC(=S)N1c1ccccc1. The van der Waals surface area contributed by atoms with E-state index in [0.717, 1.165) is 22.5 Å². The third-order valence-electron chi connectivity index (χ3n) is 5.15. The number of thioether (sulfide) groups is 2. The second-order valence-electron chi connectivity index (χ2n) is 7.37. The third kappa shape index (κ3) is 4.50. The van der Waals surface area contributed by atoms with E-state index in [0.29, 0.717) is 18.5 Å². The molecule has 5 rings (SSSR count). The zero-order valence-electron chi connectivity index (χ0n) is 17.6. The highest BCUT2D eigenvalue weighted by molar-refractivity contribution is 8.27. The number of amides is 2. The van der Waals surface area contributed by atoms with E-state index >= 15 is 0 Å². The number of benzene rings is 3. The summed E-state index contributed by atoms with van der Waals surface area (Å²) in [5, 5.41) is 0. The van der Waals surface area contributed by atoms with Gasteiger partial charge in [-0.2, -0.15) is 0 Å². The van der Waals surface area contributed by atoms with E-state index in [1.54, 1.807) is 9.80 Å². The predicted octanol–water partition coefficient (Wildman–Crippen LogP) is 6.50. The summed E-state index contributed by atoms with van der Waals surface area (Å²) in [6.07, 6.45) is 3.67. The molecule has 0 saturated carbocycles. The number of para-hydroxylation sites is 2. The molecule has 3 aromatic rings. The molecule has 2 saturated heterocycles. The lowest BCUT2D eigenvalue weighted by molar-refractivity contribution is -0.114. The maximum atomic E-state index is 12.9. The number of rotatable bonds is 4. The quantitative estimate of drug-likeness (QED) is 0.291. The van der Waals surface area contributed by atoms with Crippen molar-refractivity contribution < 1.29 is 9.59 Å². The van der Waals surface area contributed by atoms with Gasteiger partial charge in [-0.3, -0.25) is 19.4 Å². The maximum absolute atomic E-state index is 12.9. The summed E-state index contributed by atoms with van der Waals surface area (Å²) in [6, 6.07) is 26.4. The molecule has 2 aliphatic rings. The second-order valence-corrected chi connectivity index (χ2v) is 10.7. The number of hydrogen-bond acceptors (Lipinski definition) is 6. The van der Waals surface area contributed by atoms with Crippen molar-refractivity contribution in [3.05, 3.63) is 106 Å². The molecule has 8 heteroatoms. The highest BCUT2D eigenvalue weighted by atomic mass is 32.2. The predicted molar refractivity (Wildman–Crippen MR) is 151 cm³/mol. The minimum atomic E-state index is -0.130. The van der Waals surface area contributed by atoms with E-state index in [1.165, 1.54) is 23.5 Å². The Labute approximate surface area is 216 Å². The van der Waals surface area contributed by atoms with E-state index < -0.39 is 0 Å². The Kier molecular flexibility index (Phi) is 6.47. The van der Waals surface area contributed by atoms with Crippen LogP contribution in [0.2, 0.25) is 0 Å². The molecule has 0 aliphatic carbocycles. The first-order valence-corrected chi connectivity index (χ1v) is 12.7. The molecule has 3 aromatic carbocycles. The first kappa shape index (κ1) is 22.7. The Morgan fingerprint density at radius 2 is 0.912 bits per heavy atom. The summed E-state index contributed by atoms with van der Waals surface area (Å²) in [7, 11) is 0. The summed E-state index contributed by atoms with van der Waals surface area (Å²) in [5.74, 6) is -0.260. The van der Waals surface area contributed by atoms with Crippen molar-refractivity contribution in [2.75, 3.05) is 9.80 Å². The Balaban J connectivity index is 1.34. The molecule has 0 atom stereocenters. The molecule has 34 heavy (non-hydrogen) atoms. The Morgan fingerprint density at radius 1 is 0.559 bits per heavy atom. The monoisotopic (exact) mass is 516 g/mol. The zero-order valence-corrected chi connectivity index (χ0v) is 20.8. The number of hydrogen-bond donors (Lipinski definition) is 0. The lowest BCUT2D eigenvalue weighted by atomic mass is 10.1. The van der Waals surface area contributed by atoms with E-state index in [-0.39, 0.29) is 11.8 Å². The second kappa shape index (κ2) is 9.68. The van der Waals surface area contributed by atoms with Gasteiger partial charge in [0.1, 0.15) is 0 Å². The fourth-order valence-electron chi connectivity index (χ4n) is 3.53. The first-order chi connectivity index (χ1) is 16.5. The molecule has 166 valence electrons. The van der Waals surface area contributed by atoms with Gasteiger partial charge in [-0.1, -0.05) is 109 Å². The standard InChI is InChI=1S/C26H16N2O2S4/c29-23-21(33-25(31)27(23)19-7-3-1-4-8-19)15-17-11-13-18(14-12-17)16-22-24(30)28(26(32)34-22)20-9-5-2-6-10-20/h1-16H. The molecular formula is C26H16N2O2S4. The van der Waals surface area contributed by atoms with Crippen LogP contribution in [0.1, 0.15) is 11.1 Å². The van der Waals surface area contributed by atoms with Gasteiger partial charge in [-0.25, -0.2) is 0 Å². The lowest BCUT2D eigenvalue weighted by Gasteiger charge is -2.13. The molecule has 4 nitrogen and oxygen atoms in total. The van der Waals surface area contributed by atoms with Crippen molar-refractivity contribution in [3.8, 4) is 0 Å². The zero-order chi connectivity index (χ0) is 23.7. The van der Waals surface area contributed by atoms with Crippen LogP contribution in [-0.2, 0) is 9.59 Å². The highest BCUT2D eigenvalue weighted by Crippen LogP contribution is 2.37. The fraction of sp³-hybridized carbons (Fsp3) is 0. The smallest absolute Gasteiger partial charge is 0.268 e. The molecule has 0 aromatic heterocycles. The average Bonchev–Trinajstić information content (AvgIpc) is 3.29. The summed E-state index contributed by atoms with van der Waals surface area (Å²) < 4.78 is 1.03. The summed E-state index contributed by atoms with van der Waals surface area (Å²) in [4.78, 5) is 30.1. The summed E-state index contributed by atoms with van der Waals surface area (Å²) >= 11 is 13.4. The van der Waals surface area contributed by atoms with Gasteiger partial charge in [0.15, 0.2) is 8.64 Å². The van der Waals surface area contributed by atoms with Gasteiger partial charge < -0.3 is 0 Å². The topological polar surface area (TPSA) is 40.6 Å². The third-order valence-corrected chi connectivity index (χ3v) is 7.75. The van der Waals surface area contributed by atoms with Crippen LogP contribution in [0.5, 0.6) is 0 Å². The fourth-order valence-corrected chi connectivity index (χ4v) is 6.12. The van der Waals surface area contributed by atoms with Crippen LogP contribution in [0.25, 0.3) is 12.2 Å². The van der Waals surface area contributed by atoms with Gasteiger partial charge >= 0.3 is 0 Å². The molecule has 2 fully saturated rings. The van der Waals surface area contributed by atoms with Gasteiger partial charge in [-0.15, -0.1) is 0 Å². The van der Waals surface area contributed by atoms with E-state index in [9.17, 15) is 9.59 Å². The van der Waals surface area contributed by atoms with Crippen molar-refractivity contribution in [2.24, 2.45) is 0 Å². The highest BCUT2D eigenvalue weighted by Gasteiger charge is 2.34. The number of anilines is 2. The Hall–Kier alpha value is -3.04. The molecular weight excluding hydrogens is 501 g/mol. The van der Waals surface area contributed by atoms with Crippen LogP contribution >= 0.6 is 48.0 Å². The molecule has 0 N–H and O–H groups in total. The van der Waals surface area contributed by atoms with E-state index in [1.807, 2.05) is 97.1 Å². The molecule has 0 spiro atoms. The molecule has 0 bridgehead atoms. The molecule has 0 radical (unpaired) electrons. The molecule has 2 heterocycles. The van der Waals surface area contributed by atoms with Gasteiger partial charge in [0, 0.05) is 0 Å². The average molecular weight is 517 g/mol. The number of thiocarbonyl (C=S) groups is 2. The van der Waals surface area contributed by atoms with Crippen LogP contribution in [0.3, 0.4) is 0 Å². The Morgan fingerprint density at radius 3 is 1.26 bits per heavy atom.